The van der Waals surface area contributed by atoms with E-state index in [2.05, 4.69) is 4.89 Å². The number of hydrogen-bond donors (Lipinski definition) is 1. The topological polar surface area (TPSA) is 47.9 Å². The highest BCUT2D eigenvalue weighted by atomic mass is 17.1. The van der Waals surface area contributed by atoms with E-state index >= 15 is 0 Å². The fourth-order valence-corrected chi connectivity index (χ4v) is 0.928. The normalized spacial score (nSPS) is 30.9. The molecule has 1 N–H and O–H groups in total. The summed E-state index contributed by atoms with van der Waals surface area (Å²) in [5.41, 5.74) is 0. The Morgan fingerprint density at radius 3 is 2.80 bits per heavy atom. The van der Waals surface area contributed by atoms with Crippen LogP contribution in [0.5, 0.6) is 0 Å². The molecule has 0 aliphatic carbocycles. The van der Waals surface area contributed by atoms with Crippen molar-refractivity contribution in [1.29, 1.82) is 0 Å². The Morgan fingerprint density at radius 2 is 2.40 bits per heavy atom. The van der Waals surface area contributed by atoms with Gasteiger partial charge in [0.2, 0.25) is 0 Å². The van der Waals surface area contributed by atoms with Gasteiger partial charge in [-0.3, -0.25) is 5.26 Å². The summed E-state index contributed by atoms with van der Waals surface area (Å²) >= 11 is 0. The van der Waals surface area contributed by atoms with Crippen LogP contribution in [0.25, 0.3) is 0 Å². The minimum atomic E-state index is -0.525. The average molecular weight is 148 g/mol. The van der Waals surface area contributed by atoms with Crippen molar-refractivity contribution in [3.05, 3.63) is 0 Å². The van der Waals surface area contributed by atoms with Crippen LogP contribution in [0, 0.1) is 0 Å². The molecule has 1 aliphatic rings. The quantitative estimate of drug-likeness (QED) is 0.461. The van der Waals surface area contributed by atoms with Crippen molar-refractivity contribution >= 4 is 0 Å². The third kappa shape index (κ3) is 1.91. The highest BCUT2D eigenvalue weighted by Crippen LogP contribution is 2.21. The van der Waals surface area contributed by atoms with Gasteiger partial charge in [-0.15, -0.1) is 0 Å². The van der Waals surface area contributed by atoms with E-state index in [1.807, 2.05) is 13.8 Å². The predicted octanol–water partition coefficient (Wildman–Crippen LogP) is 0.628. The lowest BCUT2D eigenvalue weighted by atomic mass is 10.4. The molecule has 1 saturated heterocycles. The lowest BCUT2D eigenvalue weighted by Gasteiger charge is -2.16. The van der Waals surface area contributed by atoms with Gasteiger partial charge in [0.25, 0.3) is 0 Å². The Morgan fingerprint density at radius 1 is 1.70 bits per heavy atom. The number of rotatable bonds is 2. The molecule has 0 bridgehead atoms. The smallest absolute Gasteiger partial charge is 0.163 e. The van der Waals surface area contributed by atoms with Crippen molar-refractivity contribution < 1.29 is 19.6 Å². The fraction of sp³-hybridized carbons (Fsp3) is 1.00. The molecule has 10 heavy (non-hydrogen) atoms. The number of ether oxygens (including phenoxy) is 2. The molecule has 0 radical (unpaired) electrons. The van der Waals surface area contributed by atoms with Gasteiger partial charge >= 0.3 is 0 Å². The first-order valence-electron chi connectivity index (χ1n) is 3.22. The summed E-state index contributed by atoms with van der Waals surface area (Å²) < 4.78 is 10.5. The molecule has 1 fully saturated rings. The molecular weight excluding hydrogens is 136 g/mol. The van der Waals surface area contributed by atoms with Gasteiger partial charge in [-0.05, 0) is 13.8 Å². The molecule has 0 saturated carbocycles. The van der Waals surface area contributed by atoms with Gasteiger partial charge in [-0.1, -0.05) is 0 Å². The van der Waals surface area contributed by atoms with Crippen molar-refractivity contribution in [2.24, 2.45) is 0 Å². The van der Waals surface area contributed by atoms with Crippen LogP contribution in [-0.4, -0.2) is 30.4 Å². The third-order valence-corrected chi connectivity index (χ3v) is 1.33. The van der Waals surface area contributed by atoms with Crippen LogP contribution in [0.15, 0.2) is 0 Å². The highest BCUT2D eigenvalue weighted by Gasteiger charge is 2.32. The van der Waals surface area contributed by atoms with Gasteiger partial charge in [0.15, 0.2) is 5.79 Å². The van der Waals surface area contributed by atoms with E-state index in [-0.39, 0.29) is 12.7 Å². The minimum absolute atomic E-state index is 0.139. The molecule has 60 valence electrons. The number of hydrogen-bond acceptors (Lipinski definition) is 4. The summed E-state index contributed by atoms with van der Waals surface area (Å²) in [6, 6.07) is 0. The van der Waals surface area contributed by atoms with Crippen LogP contribution < -0.4 is 0 Å². The fourth-order valence-electron chi connectivity index (χ4n) is 0.928. The summed E-state index contributed by atoms with van der Waals surface area (Å²) in [5.74, 6) is -0.525. The second-order valence-corrected chi connectivity index (χ2v) is 2.75. The van der Waals surface area contributed by atoms with Crippen molar-refractivity contribution in [3.8, 4) is 0 Å². The Labute approximate surface area is 59.6 Å². The SMILES string of the molecule is CC1(C)OCC(COO)O1. The largest absolute Gasteiger partial charge is 0.348 e. The van der Waals surface area contributed by atoms with Crippen molar-refractivity contribution in [1.82, 2.24) is 0 Å². The second-order valence-electron chi connectivity index (χ2n) is 2.75. The monoisotopic (exact) mass is 148 g/mol. The molecule has 0 amide bonds. The maximum Gasteiger partial charge on any atom is 0.163 e. The van der Waals surface area contributed by atoms with E-state index in [0.717, 1.165) is 0 Å². The van der Waals surface area contributed by atoms with Gasteiger partial charge in [-0.2, -0.15) is 0 Å². The van der Waals surface area contributed by atoms with Crippen LogP contribution in [-0.2, 0) is 14.4 Å². The van der Waals surface area contributed by atoms with Crippen LogP contribution in [0.4, 0.5) is 0 Å². The van der Waals surface area contributed by atoms with E-state index in [0.29, 0.717) is 6.61 Å². The molecule has 0 aromatic carbocycles. The molecule has 4 nitrogen and oxygen atoms in total. The maximum atomic E-state index is 8.06. The third-order valence-electron chi connectivity index (χ3n) is 1.33. The molecular formula is C6H12O4. The summed E-state index contributed by atoms with van der Waals surface area (Å²) in [7, 11) is 0. The first-order valence-corrected chi connectivity index (χ1v) is 3.22. The van der Waals surface area contributed by atoms with Gasteiger partial charge < -0.3 is 9.47 Å². The standard InChI is InChI=1S/C6H12O4/c1-6(2)8-3-5(10-6)4-9-7/h5,7H,3-4H2,1-2H3. The van der Waals surface area contributed by atoms with Crippen LogP contribution in [0.3, 0.4) is 0 Å². The van der Waals surface area contributed by atoms with E-state index in [1.54, 1.807) is 0 Å². The van der Waals surface area contributed by atoms with Crippen LogP contribution in [0.1, 0.15) is 13.8 Å². The van der Waals surface area contributed by atoms with E-state index in [4.69, 9.17) is 14.7 Å². The van der Waals surface area contributed by atoms with Crippen molar-refractivity contribution in [2.75, 3.05) is 13.2 Å². The molecule has 0 aromatic heterocycles. The molecule has 0 spiro atoms. The summed E-state index contributed by atoms with van der Waals surface area (Å²) in [4.78, 5) is 3.91. The first-order chi connectivity index (χ1) is 4.64. The Hall–Kier alpha value is -0.160. The molecule has 4 heteroatoms. The van der Waals surface area contributed by atoms with E-state index < -0.39 is 5.79 Å². The Bertz CT molecular complexity index is 112. The maximum absolute atomic E-state index is 8.06. The Kier molecular flexibility index (Phi) is 2.25. The lowest BCUT2D eigenvalue weighted by Crippen LogP contribution is -2.23. The van der Waals surface area contributed by atoms with Crippen LogP contribution >= 0.6 is 0 Å². The Balaban J connectivity index is 2.29. The zero-order valence-electron chi connectivity index (χ0n) is 6.16. The minimum Gasteiger partial charge on any atom is -0.348 e. The van der Waals surface area contributed by atoms with Gasteiger partial charge in [0.1, 0.15) is 12.7 Å². The van der Waals surface area contributed by atoms with Crippen molar-refractivity contribution in [3.63, 3.8) is 0 Å². The zero-order valence-corrected chi connectivity index (χ0v) is 6.16. The summed E-state index contributed by atoms with van der Waals surface area (Å²) in [5, 5.41) is 8.06. The summed E-state index contributed by atoms with van der Waals surface area (Å²) in [6.45, 7) is 4.30. The molecule has 0 aromatic rings. The molecule has 1 rings (SSSR count). The van der Waals surface area contributed by atoms with Crippen LogP contribution in [0.2, 0.25) is 0 Å². The van der Waals surface area contributed by atoms with Crippen molar-refractivity contribution in [2.45, 2.75) is 25.7 Å². The first kappa shape index (κ1) is 7.94. The van der Waals surface area contributed by atoms with E-state index in [9.17, 15) is 0 Å². The second kappa shape index (κ2) is 2.84. The van der Waals surface area contributed by atoms with E-state index in [1.165, 1.54) is 0 Å². The highest BCUT2D eigenvalue weighted by molar-refractivity contribution is 4.69. The molecule has 1 atom stereocenters. The lowest BCUT2D eigenvalue weighted by molar-refractivity contribution is -0.262. The predicted molar refractivity (Wildman–Crippen MR) is 33.5 cm³/mol. The zero-order chi connectivity index (χ0) is 7.61. The molecule has 1 heterocycles. The summed E-state index contributed by atoms with van der Waals surface area (Å²) in [6.07, 6.45) is -0.139. The molecule has 1 aliphatic heterocycles. The van der Waals surface area contributed by atoms with Gasteiger partial charge in [-0.25, -0.2) is 4.89 Å². The van der Waals surface area contributed by atoms with Gasteiger partial charge in [0, 0.05) is 0 Å². The average Bonchev–Trinajstić information content (AvgIpc) is 2.12. The van der Waals surface area contributed by atoms with Gasteiger partial charge in [0.05, 0.1) is 6.61 Å². The molecule has 1 unspecified atom stereocenters.